The van der Waals surface area contributed by atoms with Crippen LogP contribution in [-0.4, -0.2) is 34.0 Å². The third kappa shape index (κ3) is 7.07. The zero-order valence-corrected chi connectivity index (χ0v) is 20.5. The number of aryl methyl sites for hydroxylation is 1. The molecule has 0 bridgehead atoms. The molecule has 3 aromatic rings. The van der Waals surface area contributed by atoms with E-state index in [1.165, 1.54) is 0 Å². The number of ether oxygens (including phenoxy) is 2. The average Bonchev–Trinajstić information content (AvgIpc) is 3.11. The number of hydrogen-bond acceptors (Lipinski definition) is 6. The number of esters is 1. The Labute approximate surface area is 204 Å². The van der Waals surface area contributed by atoms with Crippen molar-refractivity contribution in [3.63, 3.8) is 0 Å². The third-order valence-corrected chi connectivity index (χ3v) is 5.28. The van der Waals surface area contributed by atoms with Crippen molar-refractivity contribution in [2.24, 2.45) is 18.5 Å². The summed E-state index contributed by atoms with van der Waals surface area (Å²) in [4.78, 5) is 35.9. The molecule has 2 aromatic carbocycles. The second-order valence-corrected chi connectivity index (χ2v) is 9.38. The smallest absolute Gasteiger partial charge is 0.306 e. The number of hydrogen-bond donors (Lipinski definition) is 3. The maximum atomic E-state index is 12.4. The van der Waals surface area contributed by atoms with E-state index in [1.807, 2.05) is 24.3 Å². The molecule has 0 radical (unpaired) electrons. The summed E-state index contributed by atoms with van der Waals surface area (Å²) in [6, 6.07) is 13.7. The molecule has 0 saturated heterocycles. The van der Waals surface area contributed by atoms with E-state index in [-0.39, 0.29) is 31.3 Å². The van der Waals surface area contributed by atoms with Crippen LogP contribution < -0.4 is 21.5 Å². The number of aromatic nitrogens is 1. The summed E-state index contributed by atoms with van der Waals surface area (Å²) in [5, 5.41) is 3.63. The Balaban J connectivity index is 1.56. The number of anilines is 1. The quantitative estimate of drug-likeness (QED) is 0.402. The molecular formula is C26H32N4O5. The minimum absolute atomic E-state index is 0.0619. The minimum Gasteiger partial charge on any atom is -0.489 e. The zero-order valence-electron chi connectivity index (χ0n) is 20.5. The lowest BCUT2D eigenvalue weighted by molar-refractivity contribution is -0.155. The molecular weight excluding hydrogens is 448 g/mol. The highest BCUT2D eigenvalue weighted by atomic mass is 16.6. The van der Waals surface area contributed by atoms with Gasteiger partial charge in [0, 0.05) is 30.1 Å². The number of rotatable bonds is 9. The number of nitrogens with two attached hydrogens (primary N) is 2. The Kier molecular flexibility index (Phi) is 7.81. The lowest BCUT2D eigenvalue weighted by Gasteiger charge is -2.20. The maximum absolute atomic E-state index is 12.4. The van der Waals surface area contributed by atoms with E-state index in [0.29, 0.717) is 17.1 Å². The third-order valence-electron chi connectivity index (χ3n) is 5.28. The molecule has 0 saturated carbocycles. The van der Waals surface area contributed by atoms with Gasteiger partial charge in [-0.05, 0) is 69.2 Å². The van der Waals surface area contributed by atoms with Crippen molar-refractivity contribution < 1.29 is 23.9 Å². The van der Waals surface area contributed by atoms with Gasteiger partial charge in [0.15, 0.2) is 0 Å². The second-order valence-electron chi connectivity index (χ2n) is 9.38. The highest BCUT2D eigenvalue weighted by molar-refractivity contribution is 5.98. The van der Waals surface area contributed by atoms with Gasteiger partial charge >= 0.3 is 5.97 Å². The fourth-order valence-corrected chi connectivity index (χ4v) is 3.59. The molecule has 0 aliphatic carbocycles. The van der Waals surface area contributed by atoms with Gasteiger partial charge in [0.25, 0.3) is 5.91 Å². The largest absolute Gasteiger partial charge is 0.489 e. The molecule has 9 nitrogen and oxygen atoms in total. The fraction of sp³-hybridized carbons (Fsp3) is 0.346. The Morgan fingerprint density at radius 3 is 2.51 bits per heavy atom. The van der Waals surface area contributed by atoms with Crippen molar-refractivity contribution in [2.75, 3.05) is 5.32 Å². The molecule has 1 aromatic heterocycles. The molecule has 0 fully saturated rings. The molecule has 0 aliphatic rings. The number of amides is 2. The molecule has 5 N–H and O–H groups in total. The predicted molar refractivity (Wildman–Crippen MR) is 134 cm³/mol. The van der Waals surface area contributed by atoms with Gasteiger partial charge < -0.3 is 30.8 Å². The summed E-state index contributed by atoms with van der Waals surface area (Å²) in [7, 11) is 1.78. The van der Waals surface area contributed by atoms with Crippen LogP contribution in [0.3, 0.4) is 0 Å². The monoisotopic (exact) mass is 480 g/mol. The lowest BCUT2D eigenvalue weighted by Crippen LogP contribution is -2.36. The number of primary amides is 1. The molecule has 186 valence electrons. The van der Waals surface area contributed by atoms with Crippen LogP contribution in [-0.2, 0) is 28.0 Å². The highest BCUT2D eigenvalue weighted by Gasteiger charge is 2.20. The summed E-state index contributed by atoms with van der Waals surface area (Å²) >= 11 is 0. The van der Waals surface area contributed by atoms with Crippen molar-refractivity contribution in [2.45, 2.75) is 51.9 Å². The Bertz CT molecular complexity index is 1240. The summed E-state index contributed by atoms with van der Waals surface area (Å²) in [6.07, 6.45) is 0.245. The summed E-state index contributed by atoms with van der Waals surface area (Å²) in [5.74, 6) is -0.627. The predicted octanol–water partition coefficient (Wildman–Crippen LogP) is 3.24. The summed E-state index contributed by atoms with van der Waals surface area (Å²) in [6.45, 7) is 5.63. The number of fused-ring (bicyclic) bond motifs is 1. The molecule has 9 heteroatoms. The van der Waals surface area contributed by atoms with Crippen LogP contribution >= 0.6 is 0 Å². The maximum Gasteiger partial charge on any atom is 0.306 e. The van der Waals surface area contributed by atoms with E-state index in [2.05, 4.69) is 5.32 Å². The SMILES string of the molecule is Cn1c(C(N)=O)cc2cc(OCc3cccc(NC(=O)[C@@H](N)CCC(=O)OC(C)(C)C)c3)ccc21. The topological polar surface area (TPSA) is 139 Å². The van der Waals surface area contributed by atoms with Crippen molar-refractivity contribution in [3.05, 3.63) is 59.8 Å². The van der Waals surface area contributed by atoms with Gasteiger partial charge in [-0.3, -0.25) is 14.4 Å². The first-order chi connectivity index (χ1) is 16.4. The van der Waals surface area contributed by atoms with Gasteiger partial charge in [0.1, 0.15) is 23.7 Å². The van der Waals surface area contributed by atoms with Crippen LogP contribution in [0.4, 0.5) is 5.69 Å². The molecule has 1 atom stereocenters. The van der Waals surface area contributed by atoms with E-state index < -0.39 is 17.6 Å². The molecule has 2 amide bonds. The first-order valence-corrected chi connectivity index (χ1v) is 11.3. The lowest BCUT2D eigenvalue weighted by atomic mass is 10.1. The van der Waals surface area contributed by atoms with Gasteiger partial charge in [-0.2, -0.15) is 0 Å². The Morgan fingerprint density at radius 2 is 1.83 bits per heavy atom. The van der Waals surface area contributed by atoms with Crippen LogP contribution in [0.2, 0.25) is 0 Å². The zero-order chi connectivity index (χ0) is 25.8. The van der Waals surface area contributed by atoms with Crippen LogP contribution in [0.25, 0.3) is 10.9 Å². The van der Waals surface area contributed by atoms with Crippen LogP contribution in [0.5, 0.6) is 5.75 Å². The van der Waals surface area contributed by atoms with Crippen molar-refractivity contribution in [1.29, 1.82) is 0 Å². The normalized spacial score (nSPS) is 12.3. The standard InChI is InChI=1S/C26H32N4O5/c1-26(2,3)35-23(31)11-9-20(27)25(33)29-18-7-5-6-16(12-18)15-34-19-8-10-21-17(13-19)14-22(24(28)32)30(21)4/h5-8,10,12-14,20H,9,11,15,27H2,1-4H3,(H2,28,32)(H,29,33)/t20-/m0/s1. The van der Waals surface area contributed by atoms with E-state index in [1.54, 1.807) is 56.7 Å². The van der Waals surface area contributed by atoms with E-state index in [4.69, 9.17) is 20.9 Å². The Hall–Kier alpha value is -3.85. The van der Waals surface area contributed by atoms with Gasteiger partial charge in [-0.15, -0.1) is 0 Å². The highest BCUT2D eigenvalue weighted by Crippen LogP contribution is 2.25. The first-order valence-electron chi connectivity index (χ1n) is 11.3. The summed E-state index contributed by atoms with van der Waals surface area (Å²) in [5.41, 5.74) is 13.5. The van der Waals surface area contributed by atoms with Crippen LogP contribution in [0.1, 0.15) is 49.7 Å². The van der Waals surface area contributed by atoms with Crippen molar-refractivity contribution in [3.8, 4) is 5.75 Å². The molecule has 3 rings (SSSR count). The first kappa shape index (κ1) is 25.8. The molecule has 0 unspecified atom stereocenters. The van der Waals surface area contributed by atoms with E-state index >= 15 is 0 Å². The molecule has 35 heavy (non-hydrogen) atoms. The van der Waals surface area contributed by atoms with E-state index in [9.17, 15) is 14.4 Å². The van der Waals surface area contributed by atoms with Crippen molar-refractivity contribution in [1.82, 2.24) is 4.57 Å². The number of nitrogens with one attached hydrogen (secondary N) is 1. The Morgan fingerprint density at radius 1 is 1.09 bits per heavy atom. The van der Waals surface area contributed by atoms with E-state index in [0.717, 1.165) is 16.5 Å². The van der Waals surface area contributed by atoms with Crippen LogP contribution in [0.15, 0.2) is 48.5 Å². The van der Waals surface area contributed by atoms with Gasteiger partial charge in [0.2, 0.25) is 5.91 Å². The van der Waals surface area contributed by atoms with Gasteiger partial charge in [-0.25, -0.2) is 0 Å². The number of nitrogens with zero attached hydrogens (tertiary/aromatic N) is 1. The minimum atomic E-state index is -0.842. The van der Waals surface area contributed by atoms with Crippen molar-refractivity contribution >= 4 is 34.4 Å². The fourth-order valence-electron chi connectivity index (χ4n) is 3.59. The summed E-state index contributed by atoms with van der Waals surface area (Å²) < 4.78 is 12.9. The molecule has 1 heterocycles. The average molecular weight is 481 g/mol. The second kappa shape index (κ2) is 10.6. The van der Waals surface area contributed by atoms with Gasteiger partial charge in [-0.1, -0.05) is 12.1 Å². The number of carbonyl (C=O) groups is 3. The van der Waals surface area contributed by atoms with Crippen LogP contribution in [0, 0.1) is 0 Å². The molecule has 0 spiro atoms. The number of carbonyl (C=O) groups excluding carboxylic acids is 3. The van der Waals surface area contributed by atoms with Gasteiger partial charge in [0.05, 0.1) is 6.04 Å². The number of benzene rings is 2. The molecule has 0 aliphatic heterocycles.